The van der Waals surface area contributed by atoms with Crippen molar-refractivity contribution in [1.82, 2.24) is 14.9 Å². The Bertz CT molecular complexity index is 2200. The van der Waals surface area contributed by atoms with Crippen molar-refractivity contribution in [2.24, 2.45) is 5.92 Å². The highest BCUT2D eigenvalue weighted by atomic mass is 19.1. The van der Waals surface area contributed by atoms with Gasteiger partial charge in [0.25, 0.3) is 5.91 Å². The molecule has 1 atom stereocenters. The van der Waals surface area contributed by atoms with Crippen LogP contribution >= 0.6 is 0 Å². The highest BCUT2D eigenvalue weighted by molar-refractivity contribution is 6.28. The number of benzene rings is 2. The Balaban J connectivity index is 1.06. The molecule has 3 aliphatic carbocycles. The standard InChI is InChI=1S/C42H36FN3O5/c1-4-46(42(51)27-12-14-29(44-21-27)19-34-24(3)38(47)31-7-5-6-8-32(31)39(34)48)23(2)17-25-9-16-33-35(18-25)41(50)37(26-10-11-26)36(40(33)49)20-30-15-13-28(43)22-45-30/h5-9,12-16,18,21-23,26H,4,10-11,17,19-20H2,1-3H3. The van der Waals surface area contributed by atoms with Crippen LogP contribution in [0.5, 0.6) is 0 Å². The van der Waals surface area contributed by atoms with Crippen LogP contribution in [-0.4, -0.2) is 56.5 Å². The molecule has 7 rings (SSSR count). The van der Waals surface area contributed by atoms with E-state index in [1.807, 2.05) is 19.9 Å². The molecule has 2 aromatic heterocycles. The number of carbonyl (C=O) groups excluding carboxylic acids is 5. The molecule has 0 saturated heterocycles. The van der Waals surface area contributed by atoms with Crippen molar-refractivity contribution in [3.8, 4) is 0 Å². The number of aromatic nitrogens is 2. The molecule has 0 aliphatic heterocycles. The lowest BCUT2D eigenvalue weighted by molar-refractivity contribution is 0.0702. The molecule has 1 saturated carbocycles. The van der Waals surface area contributed by atoms with Crippen LogP contribution in [0, 0.1) is 11.7 Å². The quantitative estimate of drug-likeness (QED) is 0.178. The van der Waals surface area contributed by atoms with E-state index < -0.39 is 5.82 Å². The van der Waals surface area contributed by atoms with Gasteiger partial charge in [0, 0.05) is 87.6 Å². The van der Waals surface area contributed by atoms with Crippen LogP contribution in [0.4, 0.5) is 4.39 Å². The molecule has 256 valence electrons. The van der Waals surface area contributed by atoms with Crippen molar-refractivity contribution in [2.75, 3.05) is 6.54 Å². The highest BCUT2D eigenvalue weighted by Gasteiger charge is 2.40. The minimum absolute atomic E-state index is 0.0314. The SMILES string of the molecule is CCN(C(=O)c1ccc(CC2=C(C)C(=O)c3ccccc3C2=O)nc1)C(C)Cc1ccc2c(c1)C(=O)C(C1CC1)=C(Cc1ccc(F)cn1)C2=O. The smallest absolute Gasteiger partial charge is 0.255 e. The van der Waals surface area contributed by atoms with Gasteiger partial charge in [-0.15, -0.1) is 0 Å². The van der Waals surface area contributed by atoms with E-state index in [4.69, 9.17) is 0 Å². The molecule has 9 heteroatoms. The van der Waals surface area contributed by atoms with Crippen LogP contribution < -0.4 is 0 Å². The van der Waals surface area contributed by atoms with Gasteiger partial charge in [-0.2, -0.15) is 0 Å². The lowest BCUT2D eigenvalue weighted by atomic mass is 9.79. The van der Waals surface area contributed by atoms with Crippen LogP contribution in [0.2, 0.25) is 0 Å². The summed E-state index contributed by atoms with van der Waals surface area (Å²) in [6.07, 6.45) is 5.10. The van der Waals surface area contributed by atoms with Crippen molar-refractivity contribution in [2.45, 2.75) is 58.9 Å². The molecule has 0 bridgehead atoms. The zero-order valence-electron chi connectivity index (χ0n) is 28.7. The van der Waals surface area contributed by atoms with Gasteiger partial charge in [-0.25, -0.2) is 4.39 Å². The third kappa shape index (κ3) is 6.40. The summed E-state index contributed by atoms with van der Waals surface area (Å²) in [4.78, 5) is 77.8. The van der Waals surface area contributed by atoms with Crippen LogP contribution in [0.3, 0.4) is 0 Å². The van der Waals surface area contributed by atoms with Crippen LogP contribution in [0.15, 0.2) is 101 Å². The van der Waals surface area contributed by atoms with Crippen molar-refractivity contribution in [3.63, 3.8) is 0 Å². The fraction of sp³-hybridized carbons (Fsp3) is 0.262. The average molecular weight is 682 g/mol. The van der Waals surface area contributed by atoms with E-state index in [0.29, 0.717) is 74.5 Å². The molecule has 0 spiro atoms. The normalized spacial score (nSPS) is 16.3. The minimum atomic E-state index is -0.463. The number of likely N-dealkylation sites (N-methyl/N-ethyl adjacent to an activating group) is 1. The van der Waals surface area contributed by atoms with Crippen LogP contribution in [-0.2, 0) is 19.3 Å². The molecule has 1 fully saturated rings. The van der Waals surface area contributed by atoms with Crippen molar-refractivity contribution >= 4 is 29.0 Å². The molecule has 2 aromatic carbocycles. The monoisotopic (exact) mass is 681 g/mol. The number of pyridine rings is 2. The fourth-order valence-electron chi connectivity index (χ4n) is 7.22. The van der Waals surface area contributed by atoms with Gasteiger partial charge in [-0.1, -0.05) is 36.4 Å². The lowest BCUT2D eigenvalue weighted by Gasteiger charge is -2.29. The first-order valence-electron chi connectivity index (χ1n) is 17.3. The Morgan fingerprint density at radius 3 is 2.04 bits per heavy atom. The number of rotatable bonds is 10. The van der Waals surface area contributed by atoms with E-state index in [-0.39, 0.29) is 53.8 Å². The number of amides is 1. The Hall–Kier alpha value is -5.70. The molecular weight excluding hydrogens is 645 g/mol. The Kier molecular flexibility index (Phi) is 8.97. The third-order valence-electron chi connectivity index (χ3n) is 10.1. The van der Waals surface area contributed by atoms with Gasteiger partial charge >= 0.3 is 0 Å². The number of hydrogen-bond donors (Lipinski definition) is 0. The molecule has 1 amide bonds. The summed E-state index contributed by atoms with van der Waals surface area (Å²) in [5.41, 5.74) is 5.64. The summed E-state index contributed by atoms with van der Waals surface area (Å²) in [6, 6.07) is 18.1. The third-order valence-corrected chi connectivity index (χ3v) is 10.1. The Labute approximate surface area is 295 Å². The number of ketones is 4. The predicted octanol–water partition coefficient (Wildman–Crippen LogP) is 6.98. The van der Waals surface area contributed by atoms with E-state index >= 15 is 0 Å². The second kappa shape index (κ2) is 13.5. The summed E-state index contributed by atoms with van der Waals surface area (Å²) in [7, 11) is 0. The van der Waals surface area contributed by atoms with Crippen molar-refractivity contribution in [1.29, 1.82) is 0 Å². The number of allylic oxidation sites excluding steroid dienone is 4. The van der Waals surface area contributed by atoms with Crippen LogP contribution in [0.25, 0.3) is 0 Å². The van der Waals surface area contributed by atoms with E-state index in [0.717, 1.165) is 24.6 Å². The molecule has 51 heavy (non-hydrogen) atoms. The molecule has 4 aromatic rings. The first kappa shape index (κ1) is 33.8. The second-order valence-corrected chi connectivity index (χ2v) is 13.5. The summed E-state index contributed by atoms with van der Waals surface area (Å²) in [5.74, 6) is -1.35. The maximum atomic E-state index is 13.9. The molecule has 2 heterocycles. The van der Waals surface area contributed by atoms with Gasteiger partial charge in [0.15, 0.2) is 23.1 Å². The molecule has 3 aliphatic rings. The maximum Gasteiger partial charge on any atom is 0.255 e. The molecule has 8 nitrogen and oxygen atoms in total. The zero-order chi connectivity index (χ0) is 36.0. The van der Waals surface area contributed by atoms with E-state index in [2.05, 4.69) is 9.97 Å². The molecule has 0 radical (unpaired) electrons. The van der Waals surface area contributed by atoms with Gasteiger partial charge in [-0.3, -0.25) is 33.9 Å². The van der Waals surface area contributed by atoms with Gasteiger partial charge < -0.3 is 4.90 Å². The summed E-state index contributed by atoms with van der Waals surface area (Å²) < 4.78 is 13.5. The number of halogens is 1. The molecular formula is C42H36FN3O5. The zero-order valence-corrected chi connectivity index (χ0v) is 28.7. The summed E-state index contributed by atoms with van der Waals surface area (Å²) in [5, 5.41) is 0. The van der Waals surface area contributed by atoms with E-state index in [9.17, 15) is 28.4 Å². The topological polar surface area (TPSA) is 114 Å². The highest BCUT2D eigenvalue weighted by Crippen LogP contribution is 2.43. The maximum absolute atomic E-state index is 13.9. The predicted molar refractivity (Wildman–Crippen MR) is 188 cm³/mol. The number of hydrogen-bond acceptors (Lipinski definition) is 7. The van der Waals surface area contributed by atoms with E-state index in [1.165, 1.54) is 18.3 Å². The number of Topliss-reactive ketones (excluding diaryl/α,β-unsaturated/α-hetero) is 4. The minimum Gasteiger partial charge on any atom is -0.336 e. The molecule has 0 N–H and O–H groups in total. The van der Waals surface area contributed by atoms with Gasteiger partial charge in [0.1, 0.15) is 5.82 Å². The summed E-state index contributed by atoms with van der Waals surface area (Å²) in [6.45, 7) is 5.93. The average Bonchev–Trinajstić information content (AvgIpc) is 3.98. The van der Waals surface area contributed by atoms with Gasteiger partial charge in [-0.05, 0) is 81.8 Å². The van der Waals surface area contributed by atoms with Crippen LogP contribution in [0.1, 0.15) is 102 Å². The fourth-order valence-corrected chi connectivity index (χ4v) is 7.22. The Morgan fingerprint density at radius 1 is 0.784 bits per heavy atom. The lowest BCUT2D eigenvalue weighted by Crippen LogP contribution is -2.39. The van der Waals surface area contributed by atoms with E-state index in [1.54, 1.807) is 60.4 Å². The van der Waals surface area contributed by atoms with Gasteiger partial charge in [0.05, 0.1) is 11.8 Å². The number of fused-ring (bicyclic) bond motifs is 2. The van der Waals surface area contributed by atoms with Gasteiger partial charge in [0.2, 0.25) is 0 Å². The van der Waals surface area contributed by atoms with Crippen molar-refractivity contribution < 1.29 is 28.4 Å². The number of carbonyl (C=O) groups is 5. The first-order chi connectivity index (χ1) is 24.5. The first-order valence-corrected chi connectivity index (χ1v) is 17.3. The molecule has 1 unspecified atom stereocenters. The summed E-state index contributed by atoms with van der Waals surface area (Å²) >= 11 is 0. The second-order valence-electron chi connectivity index (χ2n) is 13.5. The largest absolute Gasteiger partial charge is 0.336 e. The number of nitrogens with zero attached hydrogens (tertiary/aromatic N) is 3. The Morgan fingerprint density at radius 2 is 1.41 bits per heavy atom. The van der Waals surface area contributed by atoms with Crippen molar-refractivity contribution in [3.05, 3.63) is 152 Å².